The molecule has 0 saturated carbocycles. The van der Waals surface area contributed by atoms with Crippen LogP contribution in [0.4, 0.5) is 0 Å². The van der Waals surface area contributed by atoms with Crippen LogP contribution in [0.2, 0.25) is 0 Å². The van der Waals surface area contributed by atoms with E-state index in [1.807, 2.05) is 6.92 Å². The molecule has 1 rings (SSSR count). The lowest BCUT2D eigenvalue weighted by Crippen LogP contribution is -2.40. The molecule has 1 aliphatic rings. The third kappa shape index (κ3) is 3.25. The number of rotatable bonds is 6. The number of hydrogen-bond donors (Lipinski definition) is 1. The van der Waals surface area contributed by atoms with Crippen LogP contribution in [-0.2, 0) is 9.63 Å². The van der Waals surface area contributed by atoms with E-state index in [1.165, 1.54) is 0 Å². The van der Waals surface area contributed by atoms with Gasteiger partial charge in [0.05, 0.1) is 11.5 Å². The molecule has 0 unspecified atom stereocenters. The molecule has 16 heavy (non-hydrogen) atoms. The van der Waals surface area contributed by atoms with E-state index in [-0.39, 0.29) is 4.97 Å². The number of aliphatic carboxylic acids is 1. The minimum atomic E-state index is -0.998. The molecule has 0 spiro atoms. The van der Waals surface area contributed by atoms with E-state index in [0.29, 0.717) is 26.0 Å². The van der Waals surface area contributed by atoms with Gasteiger partial charge in [0, 0.05) is 0 Å². The highest BCUT2D eigenvalue weighted by Crippen LogP contribution is 2.17. The summed E-state index contributed by atoms with van der Waals surface area (Å²) in [4.78, 5) is 15.8. The zero-order valence-corrected chi connectivity index (χ0v) is 9.33. The summed E-state index contributed by atoms with van der Waals surface area (Å²) in [5, 5.41) is 24.7. The van der Waals surface area contributed by atoms with Gasteiger partial charge >= 0.3 is 5.97 Å². The molecule has 7 heteroatoms. The lowest BCUT2D eigenvalue weighted by molar-refractivity contribution is -0.712. The molecule has 1 fully saturated rings. The first-order chi connectivity index (χ1) is 7.66. The Bertz CT molecular complexity index is 269. The fourth-order valence-corrected chi connectivity index (χ4v) is 1.55. The molecule has 1 aliphatic heterocycles. The summed E-state index contributed by atoms with van der Waals surface area (Å²) >= 11 is 0. The molecule has 0 aromatic carbocycles. The van der Waals surface area contributed by atoms with Gasteiger partial charge in [-0.1, -0.05) is 13.3 Å². The highest BCUT2D eigenvalue weighted by Gasteiger charge is 2.36. The molecule has 0 bridgehead atoms. The van der Waals surface area contributed by atoms with Crippen molar-refractivity contribution in [3.05, 3.63) is 5.21 Å². The second-order valence-electron chi connectivity index (χ2n) is 3.68. The van der Waals surface area contributed by atoms with Crippen molar-refractivity contribution >= 4 is 5.97 Å². The van der Waals surface area contributed by atoms with Gasteiger partial charge in [0.25, 0.3) is 0 Å². The fraction of sp³-hybridized carbons (Fsp3) is 0.889. The van der Waals surface area contributed by atoms with Gasteiger partial charge in [-0.15, -0.1) is 5.01 Å². The molecule has 0 radical (unpaired) electrons. The molecule has 1 atom stereocenters. The largest absolute Gasteiger partial charge is 0.569 e. The Labute approximate surface area is 93.8 Å². The van der Waals surface area contributed by atoms with E-state index >= 15 is 0 Å². The summed E-state index contributed by atoms with van der Waals surface area (Å²) < 4.78 is 0. The first-order valence-electron chi connectivity index (χ1n) is 5.46. The Morgan fingerprint density at radius 1 is 1.75 bits per heavy atom. The third-order valence-corrected chi connectivity index (χ3v) is 2.45. The standard InChI is InChI=1S/C9H17N3O4/c1-2-3-7-16-10-12(15)11-6-4-5-8(11)9(13)14/h8H,2-7H2,1H3,(H,13,14)/t8-/m0/s1. The molecule has 92 valence electrons. The Balaban J connectivity index is 2.45. The van der Waals surface area contributed by atoms with Gasteiger partial charge in [-0.3, -0.25) is 0 Å². The maximum atomic E-state index is 11.4. The first-order valence-corrected chi connectivity index (χ1v) is 5.46. The number of carbonyl (C=O) groups is 1. The summed E-state index contributed by atoms with van der Waals surface area (Å²) in [6.07, 6.45) is 2.92. The molecular weight excluding hydrogens is 214 g/mol. The molecule has 0 aliphatic carbocycles. The van der Waals surface area contributed by atoms with Crippen LogP contribution in [0.5, 0.6) is 0 Å². The van der Waals surface area contributed by atoms with Crippen molar-refractivity contribution in [2.75, 3.05) is 13.2 Å². The molecule has 1 N–H and O–H groups in total. The van der Waals surface area contributed by atoms with Crippen LogP contribution in [0.15, 0.2) is 5.28 Å². The smallest absolute Gasteiger partial charge is 0.332 e. The SMILES string of the molecule is CCCCON=[N+]([O-])N1CCC[C@H]1C(=O)O. The van der Waals surface area contributed by atoms with E-state index in [2.05, 4.69) is 5.28 Å². The van der Waals surface area contributed by atoms with Crippen molar-refractivity contribution in [3.63, 3.8) is 0 Å². The van der Waals surface area contributed by atoms with E-state index < -0.39 is 12.0 Å². The topological polar surface area (TPSA) is 88.2 Å². The highest BCUT2D eigenvalue weighted by atomic mass is 16.7. The van der Waals surface area contributed by atoms with Crippen LogP contribution in [-0.4, -0.2) is 40.2 Å². The van der Waals surface area contributed by atoms with Crippen LogP contribution in [0.25, 0.3) is 0 Å². The molecule has 1 saturated heterocycles. The van der Waals surface area contributed by atoms with Crippen molar-refractivity contribution in [3.8, 4) is 0 Å². The third-order valence-electron chi connectivity index (χ3n) is 2.45. The van der Waals surface area contributed by atoms with Gasteiger partial charge < -0.3 is 15.2 Å². The molecule has 0 aromatic rings. The number of carboxylic acid groups (broad SMARTS) is 1. The maximum Gasteiger partial charge on any atom is 0.332 e. The van der Waals surface area contributed by atoms with Crippen molar-refractivity contribution in [1.29, 1.82) is 0 Å². The molecule has 1 heterocycles. The van der Waals surface area contributed by atoms with Crippen LogP contribution < -0.4 is 0 Å². The second-order valence-corrected chi connectivity index (χ2v) is 3.68. The summed E-state index contributed by atoms with van der Waals surface area (Å²) in [5.74, 6) is -0.998. The van der Waals surface area contributed by atoms with Gasteiger partial charge in [0.15, 0.2) is 6.04 Å². The second kappa shape index (κ2) is 6.14. The van der Waals surface area contributed by atoms with E-state index in [4.69, 9.17) is 9.94 Å². The van der Waals surface area contributed by atoms with Crippen molar-refractivity contribution in [2.45, 2.75) is 38.6 Å². The Morgan fingerprint density at radius 2 is 2.50 bits per heavy atom. The Hall–Kier alpha value is -1.53. The minimum absolute atomic E-state index is 0.251. The van der Waals surface area contributed by atoms with Gasteiger partial charge in [0.1, 0.15) is 6.61 Å². The lowest BCUT2D eigenvalue weighted by Gasteiger charge is -2.16. The molecule has 0 aromatic heterocycles. The predicted octanol–water partition coefficient (Wildman–Crippen LogP) is 1.14. The van der Waals surface area contributed by atoms with Gasteiger partial charge in [-0.25, -0.2) is 4.79 Å². The zero-order chi connectivity index (χ0) is 12.0. The first kappa shape index (κ1) is 12.5. The van der Waals surface area contributed by atoms with Crippen molar-refractivity contribution in [1.82, 2.24) is 5.01 Å². The van der Waals surface area contributed by atoms with Crippen LogP contribution >= 0.6 is 0 Å². The highest BCUT2D eigenvalue weighted by molar-refractivity contribution is 5.73. The minimum Gasteiger partial charge on any atom is -0.569 e. The van der Waals surface area contributed by atoms with Gasteiger partial charge in [-0.2, -0.15) is 0 Å². The van der Waals surface area contributed by atoms with E-state index in [0.717, 1.165) is 17.9 Å². The monoisotopic (exact) mass is 231 g/mol. The summed E-state index contributed by atoms with van der Waals surface area (Å²) in [6.45, 7) is 2.78. The lowest BCUT2D eigenvalue weighted by atomic mass is 10.2. The predicted molar refractivity (Wildman–Crippen MR) is 54.3 cm³/mol. The maximum absolute atomic E-state index is 11.4. The number of carboxylic acids is 1. The van der Waals surface area contributed by atoms with Gasteiger partial charge in [0.2, 0.25) is 5.28 Å². The quantitative estimate of drug-likeness (QED) is 0.320. The van der Waals surface area contributed by atoms with Crippen molar-refractivity contribution in [2.24, 2.45) is 5.28 Å². The average molecular weight is 231 g/mol. The number of hydrazine groups is 1. The van der Waals surface area contributed by atoms with Crippen LogP contribution in [0.1, 0.15) is 32.6 Å². The summed E-state index contributed by atoms with van der Waals surface area (Å²) in [7, 11) is 0. The summed E-state index contributed by atoms with van der Waals surface area (Å²) in [5.41, 5.74) is 0. The number of nitrogens with zero attached hydrogens (tertiary/aromatic N) is 3. The van der Waals surface area contributed by atoms with E-state index in [9.17, 15) is 10.0 Å². The zero-order valence-electron chi connectivity index (χ0n) is 9.33. The molecule has 7 nitrogen and oxygen atoms in total. The van der Waals surface area contributed by atoms with Gasteiger partial charge in [-0.05, 0) is 19.3 Å². The Morgan fingerprint density at radius 3 is 3.12 bits per heavy atom. The average Bonchev–Trinajstić information content (AvgIpc) is 2.73. The fourth-order valence-electron chi connectivity index (χ4n) is 1.55. The van der Waals surface area contributed by atoms with E-state index in [1.54, 1.807) is 0 Å². The Kier molecular flexibility index (Phi) is 4.81. The summed E-state index contributed by atoms with van der Waals surface area (Å²) in [6, 6.07) is -0.781. The molecule has 0 amide bonds. The normalized spacial score (nSPS) is 21.2. The van der Waals surface area contributed by atoms with Crippen LogP contribution in [0.3, 0.4) is 0 Å². The van der Waals surface area contributed by atoms with Crippen LogP contribution in [0, 0.1) is 5.21 Å². The number of unbranched alkanes of at least 4 members (excludes halogenated alkanes) is 1. The molecular formula is C9H17N3O4. The van der Waals surface area contributed by atoms with Crippen molar-refractivity contribution < 1.29 is 19.7 Å². The number of hydrogen-bond acceptors (Lipinski definition) is 4.